The van der Waals surface area contributed by atoms with Crippen molar-refractivity contribution in [3.05, 3.63) is 0 Å². The van der Waals surface area contributed by atoms with Gasteiger partial charge in [-0.15, -0.1) is 0 Å². The maximum absolute atomic E-state index is 7.01. The van der Waals surface area contributed by atoms with Crippen LogP contribution in [0.25, 0.3) is 0 Å². The van der Waals surface area contributed by atoms with E-state index in [-0.39, 0.29) is 0 Å². The molecule has 0 radical (unpaired) electrons. The van der Waals surface area contributed by atoms with Crippen molar-refractivity contribution in [3.63, 3.8) is 0 Å². The molecular weight excluding hydrogens is 412 g/mol. The molecule has 0 spiro atoms. The molecule has 0 aromatic carbocycles. The van der Waals surface area contributed by atoms with Gasteiger partial charge in [0.15, 0.2) is 66.9 Å². The fourth-order valence-corrected chi connectivity index (χ4v) is 0. The molecule has 0 aromatic rings. The summed E-state index contributed by atoms with van der Waals surface area (Å²) < 4.78 is 5.78. The quantitative estimate of drug-likeness (QED) is 0.422. The standard InChI is InChI=1S/I3P/c1-4(2)3/p+1/i/hT. The fraction of sp³-hybridized carbons (Fsp3) is 0. The van der Waals surface area contributed by atoms with Gasteiger partial charge in [0.05, 0.1) is 0 Å². The second kappa shape index (κ2) is 3.80. The first-order chi connectivity index (χ1) is 2.00. The first-order valence-electron chi connectivity index (χ1n) is 0.954. The highest BCUT2D eigenvalue weighted by atomic mass is 127. The normalized spacial score (nSPS) is 15.2. The lowest BCUT2D eigenvalue weighted by Gasteiger charge is -1.55. The lowest BCUT2D eigenvalue weighted by molar-refractivity contribution is 6.52. The molecular formula is HI3P+. The van der Waals surface area contributed by atoms with Crippen LogP contribution in [0, 0.1) is 0 Å². The highest BCUT2D eigenvalue weighted by Gasteiger charge is 1.91. The summed E-state index contributed by atoms with van der Waals surface area (Å²) in [5, 5.41) is 0. The molecule has 0 saturated carbocycles. The van der Waals surface area contributed by atoms with Crippen molar-refractivity contribution < 1.29 is 0 Å². The van der Waals surface area contributed by atoms with Crippen LogP contribution in [0.15, 0.2) is 0 Å². The minimum absolute atomic E-state index is 1.23. The van der Waals surface area contributed by atoms with Crippen LogP contribution in [0.4, 0.5) is 0 Å². The Morgan fingerprint density at radius 1 is 1.50 bits per heavy atom. The SMILES string of the molecule is [3H][P+](I)(I)I. The number of hydrogen-bond donors (Lipinski definition) is 0. The summed E-state index contributed by atoms with van der Waals surface area (Å²) in [5.74, 6) is 0. The molecule has 0 fully saturated rings. The van der Waals surface area contributed by atoms with Crippen molar-refractivity contribution in [2.75, 3.05) is 0 Å². The Morgan fingerprint density at radius 3 is 1.50 bits per heavy atom. The molecule has 0 aliphatic carbocycles. The molecule has 0 aliphatic heterocycles. The molecule has 0 aliphatic rings. The van der Waals surface area contributed by atoms with Crippen LogP contribution in [0.3, 0.4) is 0 Å². The van der Waals surface area contributed by atoms with Crippen LogP contribution in [-0.2, 0) is 0 Å². The van der Waals surface area contributed by atoms with Crippen molar-refractivity contribution in [2.45, 2.75) is 0 Å². The Morgan fingerprint density at radius 2 is 1.50 bits per heavy atom. The third-order valence-electron chi connectivity index (χ3n) is 0. The van der Waals surface area contributed by atoms with Gasteiger partial charge in [0, 0.05) is 0 Å². The number of halogens is 3. The van der Waals surface area contributed by atoms with E-state index in [0.29, 0.717) is 0 Å². The largest absolute Gasteiger partial charge is 0.299 e. The summed E-state index contributed by atoms with van der Waals surface area (Å²) in [6.07, 6.45) is 0. The van der Waals surface area contributed by atoms with E-state index in [1.54, 1.807) is 0 Å². The Hall–Kier alpha value is 2.62. The van der Waals surface area contributed by atoms with Crippen molar-refractivity contribution in [2.24, 2.45) is 0 Å². The summed E-state index contributed by atoms with van der Waals surface area (Å²) in [7, 11) is 0. The van der Waals surface area contributed by atoms with E-state index in [2.05, 4.69) is 66.1 Å². The summed E-state index contributed by atoms with van der Waals surface area (Å²) in [5.41, 5.74) is 0. The summed E-state index contributed by atoms with van der Waals surface area (Å²) in [6, 6.07) is 0. The first kappa shape index (κ1) is 4.77. The van der Waals surface area contributed by atoms with Gasteiger partial charge in [-0.3, -0.25) is 0 Å². The second-order valence-electron chi connectivity index (χ2n) is 0.192. The lowest BCUT2D eigenvalue weighted by atomic mass is 30.9. The van der Waals surface area contributed by atoms with Gasteiger partial charge in [-0.2, -0.15) is 0 Å². The van der Waals surface area contributed by atoms with E-state index in [0.717, 1.165) is 0 Å². The van der Waals surface area contributed by atoms with Gasteiger partial charge in [0.25, 0.3) is 1.28 Å². The van der Waals surface area contributed by atoms with E-state index < -0.39 is 0.794 Å². The summed E-state index contributed by atoms with van der Waals surface area (Å²) >= 11 is 6.39. The van der Waals surface area contributed by atoms with Crippen LogP contribution >= 0.6 is 66.9 Å². The van der Waals surface area contributed by atoms with Gasteiger partial charge >= 0.3 is 0 Å². The average Bonchev–Trinajstić information content (AvgIpc) is 0.722. The highest BCUT2D eigenvalue weighted by Crippen LogP contribution is 2.61. The van der Waals surface area contributed by atoms with Crippen LogP contribution < -0.4 is 0 Å². The Kier molecular flexibility index (Phi) is 4.53. The molecule has 0 atom stereocenters. The van der Waals surface area contributed by atoms with Crippen molar-refractivity contribution >= 4 is 66.9 Å². The first-order valence-corrected chi connectivity index (χ1v) is 10.2. The molecule has 0 heterocycles. The van der Waals surface area contributed by atoms with Gasteiger partial charge in [-0.25, -0.2) is 0 Å². The monoisotopic (exact) mass is 415 g/mol. The maximum atomic E-state index is 7.01. The zero-order chi connectivity index (χ0) is 4.50. The number of rotatable bonds is 0. The molecule has 0 aromatic heterocycles. The van der Waals surface area contributed by atoms with Crippen LogP contribution in [-0.4, -0.2) is 1.28 Å². The molecule has 4 heteroatoms. The lowest BCUT2D eigenvalue weighted by Crippen LogP contribution is -0.858. The van der Waals surface area contributed by atoms with Gasteiger partial charge in [-0.05, 0) is 0 Å². The van der Waals surface area contributed by atoms with Gasteiger partial charge in [0.2, 0.25) is 0 Å². The fourth-order valence-electron chi connectivity index (χ4n) is 0. The Balaban J connectivity index is 3.02. The molecule has 0 amide bonds. The molecule has 0 bridgehead atoms. The van der Waals surface area contributed by atoms with E-state index in [1.165, 1.54) is 0 Å². The van der Waals surface area contributed by atoms with Gasteiger partial charge in [-0.1, -0.05) is 0 Å². The van der Waals surface area contributed by atoms with Crippen molar-refractivity contribution in [1.29, 1.82) is 1.28 Å². The topological polar surface area (TPSA) is 0 Å². The predicted octanol–water partition coefficient (Wildman–Crippen LogP) is 3.25. The predicted molar refractivity (Wildman–Crippen MR) is 50.4 cm³/mol. The molecule has 0 rings (SSSR count). The molecule has 0 N–H and O–H groups in total. The van der Waals surface area contributed by atoms with Crippen LogP contribution in [0.1, 0.15) is 0 Å². The smallest absolute Gasteiger partial charge is 0.173 e. The van der Waals surface area contributed by atoms with Crippen molar-refractivity contribution in [1.82, 2.24) is 0 Å². The molecule has 26 valence electrons. The minimum atomic E-state index is -1.23. The van der Waals surface area contributed by atoms with Gasteiger partial charge < -0.3 is 0 Å². The third kappa shape index (κ3) is 8.82. The average molecular weight is 415 g/mol. The number of hydrogen-bond acceptors (Lipinski definition) is 0. The van der Waals surface area contributed by atoms with Crippen LogP contribution in [0.5, 0.6) is 0 Å². The second-order valence-corrected chi connectivity index (χ2v) is 25.9. The molecule has 0 nitrogen and oxygen atoms in total. The molecule has 4 heavy (non-hydrogen) atoms. The maximum Gasteiger partial charge on any atom is 0.299 e. The Labute approximate surface area is 67.0 Å². The van der Waals surface area contributed by atoms with E-state index in [4.69, 9.17) is 1.28 Å². The van der Waals surface area contributed by atoms with Crippen molar-refractivity contribution in [3.8, 4) is 0 Å². The zero-order valence-corrected chi connectivity index (χ0v) is 8.95. The summed E-state index contributed by atoms with van der Waals surface area (Å²) in [4.78, 5) is 0. The highest BCUT2D eigenvalue weighted by molar-refractivity contribution is 14.4. The van der Waals surface area contributed by atoms with Crippen LogP contribution in [0.2, 0.25) is 0 Å². The van der Waals surface area contributed by atoms with E-state index in [1.807, 2.05) is 0 Å². The Bertz CT molecular complexity index is 22.4. The minimum Gasteiger partial charge on any atom is 0.173 e. The van der Waals surface area contributed by atoms with E-state index in [9.17, 15) is 0 Å². The van der Waals surface area contributed by atoms with Gasteiger partial charge in [0.1, 0.15) is 0 Å². The summed E-state index contributed by atoms with van der Waals surface area (Å²) in [6.45, 7) is 0. The third-order valence-corrected chi connectivity index (χ3v) is 0. The zero-order valence-electron chi connectivity index (χ0n) is 2.58. The molecule has 0 unspecified atom stereocenters. The van der Waals surface area contributed by atoms with E-state index >= 15 is 0 Å². The molecule has 0 saturated heterocycles.